The molecule has 2 N–H and O–H groups in total. The summed E-state index contributed by atoms with van der Waals surface area (Å²) in [6.07, 6.45) is 12.8. The fourth-order valence-electron chi connectivity index (χ4n) is 3.81. The van der Waals surface area contributed by atoms with Crippen LogP contribution in [0.2, 0.25) is 0 Å². The highest BCUT2D eigenvalue weighted by Gasteiger charge is 2.24. The lowest BCUT2D eigenvalue weighted by atomic mass is 9.91. The van der Waals surface area contributed by atoms with Crippen LogP contribution in [0.3, 0.4) is 0 Å². The SMILES string of the molecule is CS(=O)(=O)NC1CCC(NC(=O)CCCC2CCCC2)CC1. The van der Waals surface area contributed by atoms with Gasteiger partial charge in [-0.25, -0.2) is 13.1 Å². The van der Waals surface area contributed by atoms with Gasteiger partial charge in [0.25, 0.3) is 0 Å². The van der Waals surface area contributed by atoms with E-state index >= 15 is 0 Å². The molecule has 2 fully saturated rings. The number of nitrogens with one attached hydrogen (secondary N) is 2. The van der Waals surface area contributed by atoms with Crippen LogP contribution < -0.4 is 10.0 Å². The molecule has 2 rings (SSSR count). The summed E-state index contributed by atoms with van der Waals surface area (Å²) >= 11 is 0. The summed E-state index contributed by atoms with van der Waals surface area (Å²) in [4.78, 5) is 12.0. The molecule has 0 atom stereocenters. The quantitative estimate of drug-likeness (QED) is 0.752. The number of carbonyl (C=O) groups is 1. The highest BCUT2D eigenvalue weighted by molar-refractivity contribution is 7.88. The molecule has 0 aromatic rings. The number of carbonyl (C=O) groups excluding carboxylic acids is 1. The van der Waals surface area contributed by atoms with Crippen molar-refractivity contribution in [2.75, 3.05) is 6.26 Å². The summed E-state index contributed by atoms with van der Waals surface area (Å²) < 4.78 is 25.1. The molecule has 128 valence electrons. The Bertz CT molecular complexity index is 450. The maximum Gasteiger partial charge on any atom is 0.220 e. The minimum absolute atomic E-state index is 0.0329. The molecular formula is C16H30N2O3S. The van der Waals surface area contributed by atoms with Crippen molar-refractivity contribution in [1.82, 2.24) is 10.0 Å². The zero-order valence-electron chi connectivity index (χ0n) is 13.6. The van der Waals surface area contributed by atoms with E-state index in [0.717, 1.165) is 38.0 Å². The summed E-state index contributed by atoms with van der Waals surface area (Å²) in [6, 6.07) is 0.252. The van der Waals surface area contributed by atoms with Crippen LogP contribution in [0, 0.1) is 5.92 Å². The third kappa shape index (κ3) is 6.65. The van der Waals surface area contributed by atoms with E-state index in [-0.39, 0.29) is 18.0 Å². The second-order valence-electron chi connectivity index (χ2n) is 7.05. The Morgan fingerprint density at radius 2 is 1.59 bits per heavy atom. The van der Waals surface area contributed by atoms with E-state index in [1.807, 2.05) is 0 Å². The van der Waals surface area contributed by atoms with Gasteiger partial charge in [0, 0.05) is 18.5 Å². The smallest absolute Gasteiger partial charge is 0.220 e. The zero-order chi connectivity index (χ0) is 16.0. The van der Waals surface area contributed by atoms with Gasteiger partial charge in [0.2, 0.25) is 15.9 Å². The van der Waals surface area contributed by atoms with Crippen molar-refractivity contribution < 1.29 is 13.2 Å². The standard InChI is InChI=1S/C16H30N2O3S/c1-22(20,21)18-15-11-9-14(10-12-15)17-16(19)8-4-7-13-5-2-3-6-13/h13-15,18H,2-12H2,1H3,(H,17,19). The second-order valence-corrected chi connectivity index (χ2v) is 8.83. The molecule has 0 saturated heterocycles. The normalized spacial score (nSPS) is 27.0. The predicted molar refractivity (Wildman–Crippen MR) is 88.0 cm³/mol. The van der Waals surface area contributed by atoms with Gasteiger partial charge in [0.05, 0.1) is 6.26 Å². The lowest BCUT2D eigenvalue weighted by Crippen LogP contribution is -2.43. The van der Waals surface area contributed by atoms with Crippen molar-refractivity contribution in [2.24, 2.45) is 5.92 Å². The molecule has 0 heterocycles. The molecule has 2 aliphatic carbocycles. The van der Waals surface area contributed by atoms with Crippen LogP contribution in [0.4, 0.5) is 0 Å². The van der Waals surface area contributed by atoms with Crippen LogP contribution >= 0.6 is 0 Å². The van der Waals surface area contributed by atoms with Crippen molar-refractivity contribution in [2.45, 2.75) is 82.7 Å². The highest BCUT2D eigenvalue weighted by Crippen LogP contribution is 2.29. The zero-order valence-corrected chi connectivity index (χ0v) is 14.5. The molecule has 0 aromatic carbocycles. The van der Waals surface area contributed by atoms with Gasteiger partial charge in [0.1, 0.15) is 0 Å². The molecule has 1 amide bonds. The number of hydrogen-bond acceptors (Lipinski definition) is 3. The van der Waals surface area contributed by atoms with E-state index in [4.69, 9.17) is 0 Å². The van der Waals surface area contributed by atoms with Gasteiger partial charge < -0.3 is 5.32 Å². The molecule has 2 aliphatic rings. The maximum absolute atomic E-state index is 12.0. The van der Waals surface area contributed by atoms with Gasteiger partial charge in [-0.1, -0.05) is 25.7 Å². The predicted octanol–water partition coefficient (Wildman–Crippen LogP) is 2.32. The third-order valence-corrected chi connectivity index (χ3v) is 5.73. The highest BCUT2D eigenvalue weighted by atomic mass is 32.2. The summed E-state index contributed by atoms with van der Waals surface area (Å²) in [5, 5.41) is 3.11. The van der Waals surface area contributed by atoms with Crippen molar-refractivity contribution in [3.8, 4) is 0 Å². The Labute approximate surface area is 134 Å². The first kappa shape index (κ1) is 17.7. The second kappa shape index (κ2) is 8.29. The first-order valence-electron chi connectivity index (χ1n) is 8.69. The third-order valence-electron chi connectivity index (χ3n) is 4.96. The fraction of sp³-hybridized carbons (Fsp3) is 0.938. The fourth-order valence-corrected chi connectivity index (χ4v) is 4.65. The first-order chi connectivity index (χ1) is 10.4. The Morgan fingerprint density at radius 1 is 1.00 bits per heavy atom. The van der Waals surface area contributed by atoms with E-state index in [1.165, 1.54) is 38.4 Å². The van der Waals surface area contributed by atoms with E-state index < -0.39 is 10.0 Å². The molecule has 2 saturated carbocycles. The maximum atomic E-state index is 12.0. The van der Waals surface area contributed by atoms with Gasteiger partial charge in [0.15, 0.2) is 0 Å². The Balaban J connectivity index is 1.58. The van der Waals surface area contributed by atoms with Crippen LogP contribution in [0.5, 0.6) is 0 Å². The van der Waals surface area contributed by atoms with Crippen molar-refractivity contribution >= 4 is 15.9 Å². The minimum Gasteiger partial charge on any atom is -0.353 e. The Morgan fingerprint density at radius 3 is 2.18 bits per heavy atom. The van der Waals surface area contributed by atoms with Crippen molar-refractivity contribution in [1.29, 1.82) is 0 Å². The van der Waals surface area contributed by atoms with Crippen LogP contribution in [0.25, 0.3) is 0 Å². The molecule has 0 radical (unpaired) electrons. The van der Waals surface area contributed by atoms with Crippen LogP contribution in [-0.2, 0) is 14.8 Å². The van der Waals surface area contributed by atoms with Gasteiger partial charge in [-0.3, -0.25) is 4.79 Å². The number of hydrogen-bond donors (Lipinski definition) is 2. The molecule has 0 aliphatic heterocycles. The summed E-state index contributed by atoms with van der Waals surface area (Å²) in [7, 11) is -3.12. The van der Waals surface area contributed by atoms with Crippen LogP contribution in [-0.4, -0.2) is 32.7 Å². The largest absolute Gasteiger partial charge is 0.353 e. The lowest BCUT2D eigenvalue weighted by Gasteiger charge is -2.29. The molecule has 0 bridgehead atoms. The molecule has 0 unspecified atom stereocenters. The van der Waals surface area contributed by atoms with Gasteiger partial charge in [-0.15, -0.1) is 0 Å². The van der Waals surface area contributed by atoms with Gasteiger partial charge >= 0.3 is 0 Å². The van der Waals surface area contributed by atoms with E-state index in [1.54, 1.807) is 0 Å². The summed E-state index contributed by atoms with van der Waals surface area (Å²) in [6.45, 7) is 0. The number of rotatable bonds is 7. The molecule has 0 aromatic heterocycles. The lowest BCUT2D eigenvalue weighted by molar-refractivity contribution is -0.122. The molecule has 22 heavy (non-hydrogen) atoms. The summed E-state index contributed by atoms with van der Waals surface area (Å²) in [5.74, 6) is 1.02. The molecule has 6 heteroatoms. The average Bonchev–Trinajstić information content (AvgIpc) is 2.92. The van der Waals surface area contributed by atoms with Crippen molar-refractivity contribution in [3.05, 3.63) is 0 Å². The van der Waals surface area contributed by atoms with E-state index in [9.17, 15) is 13.2 Å². The Hall–Kier alpha value is -0.620. The molecule has 0 spiro atoms. The average molecular weight is 330 g/mol. The van der Waals surface area contributed by atoms with E-state index in [2.05, 4.69) is 10.0 Å². The topological polar surface area (TPSA) is 75.3 Å². The Kier molecular flexibility index (Phi) is 6.68. The van der Waals surface area contributed by atoms with Gasteiger partial charge in [-0.05, 0) is 44.4 Å². The molecule has 5 nitrogen and oxygen atoms in total. The van der Waals surface area contributed by atoms with Crippen molar-refractivity contribution in [3.63, 3.8) is 0 Å². The summed E-state index contributed by atoms with van der Waals surface area (Å²) in [5.41, 5.74) is 0. The van der Waals surface area contributed by atoms with Gasteiger partial charge in [-0.2, -0.15) is 0 Å². The van der Waals surface area contributed by atoms with Crippen LogP contribution in [0.1, 0.15) is 70.6 Å². The number of sulfonamides is 1. The van der Waals surface area contributed by atoms with Crippen LogP contribution in [0.15, 0.2) is 0 Å². The van der Waals surface area contributed by atoms with E-state index in [0.29, 0.717) is 6.42 Å². The minimum atomic E-state index is -3.12. The monoisotopic (exact) mass is 330 g/mol. The number of amides is 1. The first-order valence-corrected chi connectivity index (χ1v) is 10.6. The molecular weight excluding hydrogens is 300 g/mol.